The summed E-state index contributed by atoms with van der Waals surface area (Å²) in [5.74, 6) is 0.643. The van der Waals surface area contributed by atoms with Crippen molar-refractivity contribution in [3.05, 3.63) is 28.8 Å². The summed E-state index contributed by atoms with van der Waals surface area (Å²) in [6.07, 6.45) is 0.330. The lowest BCUT2D eigenvalue weighted by atomic mass is 9.92. The molecule has 1 atom stereocenters. The van der Waals surface area contributed by atoms with Gasteiger partial charge in [-0.1, -0.05) is 32.4 Å². The predicted octanol–water partition coefficient (Wildman–Crippen LogP) is 5.09. The average Bonchev–Trinajstić information content (AvgIpc) is 2.34. The quantitative estimate of drug-likeness (QED) is 0.719. The average molecular weight is 341 g/mol. The molecule has 0 aliphatic carbocycles. The van der Waals surface area contributed by atoms with E-state index in [-0.39, 0.29) is 10.8 Å². The van der Waals surface area contributed by atoms with Crippen LogP contribution in [0.1, 0.15) is 44.5 Å². The molecule has 1 aliphatic rings. The summed E-state index contributed by atoms with van der Waals surface area (Å²) < 4.78 is 12.3. The second kappa shape index (κ2) is 5.66. The summed E-state index contributed by atoms with van der Waals surface area (Å²) in [5, 5.41) is 0.699. The molecule has 122 valence electrons. The van der Waals surface area contributed by atoms with Crippen molar-refractivity contribution in [2.75, 3.05) is 6.61 Å². The SMILES string of the molecule is CC1(CO[Si](C)(C)C(C)(C)C)CC(=O)c2ccc(Cl)cc2O1. The maximum atomic E-state index is 12.4. The highest BCUT2D eigenvalue weighted by Gasteiger charge is 2.42. The summed E-state index contributed by atoms with van der Waals surface area (Å²) in [6.45, 7) is 13.3. The summed E-state index contributed by atoms with van der Waals surface area (Å²) in [5.41, 5.74) is -0.0289. The molecular formula is C17H25ClO3Si. The lowest BCUT2D eigenvalue weighted by molar-refractivity contribution is 0.0149. The third kappa shape index (κ3) is 3.55. The molecular weight excluding hydrogens is 316 g/mol. The zero-order chi connectivity index (χ0) is 16.8. The van der Waals surface area contributed by atoms with E-state index in [0.29, 0.717) is 29.4 Å². The lowest BCUT2D eigenvalue weighted by Crippen LogP contribution is -2.49. The van der Waals surface area contributed by atoms with Gasteiger partial charge in [0.05, 0.1) is 18.6 Å². The first-order valence-corrected chi connectivity index (χ1v) is 10.9. The Morgan fingerprint density at radius 3 is 2.59 bits per heavy atom. The fraction of sp³-hybridized carbons (Fsp3) is 0.588. The van der Waals surface area contributed by atoms with Gasteiger partial charge in [0.15, 0.2) is 14.1 Å². The standard InChI is InChI=1S/C17H25ClO3Si/c1-16(2,3)22(5,6)20-11-17(4)10-14(19)13-8-7-12(18)9-15(13)21-17/h7-9H,10-11H2,1-6H3. The minimum Gasteiger partial charge on any atom is -0.484 e. The van der Waals surface area contributed by atoms with E-state index in [4.69, 9.17) is 20.8 Å². The van der Waals surface area contributed by atoms with Gasteiger partial charge in [0.2, 0.25) is 0 Å². The zero-order valence-electron chi connectivity index (χ0n) is 14.2. The van der Waals surface area contributed by atoms with Gasteiger partial charge in [-0.15, -0.1) is 0 Å². The number of ether oxygens (including phenoxy) is 1. The predicted molar refractivity (Wildman–Crippen MR) is 92.6 cm³/mol. The molecule has 0 spiro atoms. The molecule has 0 N–H and O–H groups in total. The second-order valence-electron chi connectivity index (χ2n) is 7.84. The summed E-state index contributed by atoms with van der Waals surface area (Å²) in [7, 11) is -1.88. The van der Waals surface area contributed by atoms with E-state index in [1.54, 1.807) is 18.2 Å². The van der Waals surface area contributed by atoms with Gasteiger partial charge >= 0.3 is 0 Å². The van der Waals surface area contributed by atoms with Crippen LogP contribution in [0.2, 0.25) is 23.2 Å². The lowest BCUT2D eigenvalue weighted by Gasteiger charge is -2.41. The molecule has 0 amide bonds. The minimum atomic E-state index is -1.88. The molecule has 3 nitrogen and oxygen atoms in total. The number of ketones is 1. The highest BCUT2D eigenvalue weighted by Crippen LogP contribution is 2.39. The maximum absolute atomic E-state index is 12.4. The summed E-state index contributed by atoms with van der Waals surface area (Å²) >= 11 is 6.01. The first-order chi connectivity index (χ1) is 9.94. The highest BCUT2D eigenvalue weighted by atomic mass is 35.5. The van der Waals surface area contributed by atoms with Crippen LogP contribution < -0.4 is 4.74 Å². The smallest absolute Gasteiger partial charge is 0.192 e. The fourth-order valence-corrected chi connectivity index (χ4v) is 3.44. The van der Waals surface area contributed by atoms with Crippen molar-refractivity contribution in [2.24, 2.45) is 0 Å². The van der Waals surface area contributed by atoms with Crippen molar-refractivity contribution in [3.63, 3.8) is 0 Å². The van der Waals surface area contributed by atoms with Crippen molar-refractivity contribution in [1.82, 2.24) is 0 Å². The molecule has 0 saturated heterocycles. The van der Waals surface area contributed by atoms with E-state index in [9.17, 15) is 4.79 Å². The Balaban J connectivity index is 2.18. The van der Waals surface area contributed by atoms with Crippen molar-refractivity contribution in [3.8, 4) is 5.75 Å². The van der Waals surface area contributed by atoms with E-state index in [1.807, 2.05) is 6.92 Å². The van der Waals surface area contributed by atoms with Gasteiger partial charge in [0.1, 0.15) is 11.4 Å². The molecule has 1 aromatic rings. The number of rotatable bonds is 3. The van der Waals surface area contributed by atoms with Gasteiger partial charge in [-0.05, 0) is 43.3 Å². The zero-order valence-corrected chi connectivity index (χ0v) is 16.0. The minimum absolute atomic E-state index is 0.0826. The molecule has 1 heterocycles. The van der Waals surface area contributed by atoms with Crippen molar-refractivity contribution in [1.29, 1.82) is 0 Å². The Morgan fingerprint density at radius 1 is 1.36 bits per heavy atom. The molecule has 1 unspecified atom stereocenters. The molecule has 1 aliphatic heterocycles. The molecule has 2 rings (SSSR count). The van der Waals surface area contributed by atoms with Crippen LogP contribution in [0.5, 0.6) is 5.75 Å². The molecule has 0 radical (unpaired) electrons. The number of halogens is 1. The highest BCUT2D eigenvalue weighted by molar-refractivity contribution is 6.74. The largest absolute Gasteiger partial charge is 0.484 e. The van der Waals surface area contributed by atoms with E-state index in [2.05, 4.69) is 33.9 Å². The molecule has 0 bridgehead atoms. The van der Waals surface area contributed by atoms with Gasteiger partial charge in [-0.3, -0.25) is 4.79 Å². The van der Waals surface area contributed by atoms with Gasteiger partial charge < -0.3 is 9.16 Å². The molecule has 0 aromatic heterocycles. The van der Waals surface area contributed by atoms with Crippen LogP contribution >= 0.6 is 11.6 Å². The molecule has 22 heavy (non-hydrogen) atoms. The van der Waals surface area contributed by atoms with Gasteiger partial charge in [0.25, 0.3) is 0 Å². The Morgan fingerprint density at radius 2 is 2.00 bits per heavy atom. The molecule has 0 fully saturated rings. The molecule has 5 heteroatoms. The monoisotopic (exact) mass is 340 g/mol. The van der Waals surface area contributed by atoms with E-state index < -0.39 is 13.9 Å². The van der Waals surface area contributed by atoms with Crippen molar-refractivity contribution < 1.29 is 14.0 Å². The van der Waals surface area contributed by atoms with Crippen molar-refractivity contribution >= 4 is 25.7 Å². The maximum Gasteiger partial charge on any atom is 0.192 e. The van der Waals surface area contributed by atoms with E-state index >= 15 is 0 Å². The van der Waals surface area contributed by atoms with Crippen LogP contribution in [0.25, 0.3) is 0 Å². The van der Waals surface area contributed by atoms with E-state index in [0.717, 1.165) is 0 Å². The number of hydrogen-bond donors (Lipinski definition) is 0. The van der Waals surface area contributed by atoms with Crippen molar-refractivity contribution in [2.45, 2.75) is 57.8 Å². The number of carbonyl (C=O) groups is 1. The Bertz CT molecular complexity index is 592. The third-order valence-corrected chi connectivity index (χ3v) is 9.39. The van der Waals surface area contributed by atoms with E-state index in [1.165, 1.54) is 0 Å². The molecule has 1 aromatic carbocycles. The Labute approximate surface area is 139 Å². The second-order valence-corrected chi connectivity index (χ2v) is 13.1. The fourth-order valence-electron chi connectivity index (χ4n) is 2.18. The molecule has 0 saturated carbocycles. The van der Waals surface area contributed by atoms with Crippen LogP contribution in [0.4, 0.5) is 0 Å². The first-order valence-electron chi connectivity index (χ1n) is 7.59. The van der Waals surface area contributed by atoms with Crippen LogP contribution in [-0.4, -0.2) is 26.3 Å². The normalized spacial score (nSPS) is 22.2. The van der Waals surface area contributed by atoms with Crippen LogP contribution in [0, 0.1) is 0 Å². The number of benzene rings is 1. The number of carbonyl (C=O) groups excluding carboxylic acids is 1. The number of Topliss-reactive ketones (excluding diaryl/α,β-unsaturated/α-hetero) is 1. The summed E-state index contributed by atoms with van der Waals surface area (Å²) in [6, 6.07) is 5.16. The number of fused-ring (bicyclic) bond motifs is 1. The van der Waals surface area contributed by atoms with Gasteiger partial charge in [0, 0.05) is 5.02 Å². The topological polar surface area (TPSA) is 35.5 Å². The third-order valence-electron chi connectivity index (χ3n) is 4.68. The summed E-state index contributed by atoms with van der Waals surface area (Å²) in [4.78, 5) is 12.4. The Kier molecular flexibility index (Phi) is 4.50. The van der Waals surface area contributed by atoms with Crippen LogP contribution in [0.3, 0.4) is 0 Å². The Hall–Kier alpha value is -0.843. The first kappa shape index (κ1) is 17.5. The van der Waals surface area contributed by atoms with Crippen LogP contribution in [0.15, 0.2) is 18.2 Å². The van der Waals surface area contributed by atoms with Gasteiger partial charge in [-0.2, -0.15) is 0 Å². The van der Waals surface area contributed by atoms with Crippen LogP contribution in [-0.2, 0) is 4.43 Å². The number of hydrogen-bond acceptors (Lipinski definition) is 3. The van der Waals surface area contributed by atoms with Gasteiger partial charge in [-0.25, -0.2) is 0 Å².